The quantitative estimate of drug-likeness (QED) is 0.929. The van der Waals surface area contributed by atoms with Gasteiger partial charge in [0.25, 0.3) is 0 Å². The minimum Gasteiger partial charge on any atom is -0.283 e. The van der Waals surface area contributed by atoms with E-state index < -0.39 is 10.0 Å². The van der Waals surface area contributed by atoms with Gasteiger partial charge in [-0.3, -0.25) is 4.72 Å². The molecule has 6 heteroatoms. The van der Waals surface area contributed by atoms with Crippen LogP contribution in [0.2, 0.25) is 10.0 Å². The summed E-state index contributed by atoms with van der Waals surface area (Å²) in [5, 5.41) is 0.678. The predicted molar refractivity (Wildman–Crippen MR) is 79.2 cm³/mol. The van der Waals surface area contributed by atoms with Crippen LogP contribution in [0.15, 0.2) is 48.5 Å². The second-order valence-electron chi connectivity index (χ2n) is 3.93. The predicted octanol–water partition coefficient (Wildman–Crippen LogP) is 3.94. The molecule has 1 N–H and O–H groups in total. The summed E-state index contributed by atoms with van der Waals surface area (Å²) in [7, 11) is -3.55. The highest BCUT2D eigenvalue weighted by atomic mass is 35.5. The SMILES string of the molecule is O=S(=O)(Cc1c(Cl)cccc1Cl)Nc1ccccc1. The number of hydrogen-bond donors (Lipinski definition) is 1. The third-order valence-corrected chi connectivity index (χ3v) is 4.37. The van der Waals surface area contributed by atoms with Crippen LogP contribution in [0.3, 0.4) is 0 Å². The monoisotopic (exact) mass is 315 g/mol. The molecule has 0 unspecified atom stereocenters. The highest BCUT2D eigenvalue weighted by Gasteiger charge is 2.16. The Bertz CT molecular complexity index is 652. The average Bonchev–Trinajstić information content (AvgIpc) is 2.35. The van der Waals surface area contributed by atoms with Crippen LogP contribution in [0.4, 0.5) is 5.69 Å². The van der Waals surface area contributed by atoms with E-state index in [0.29, 0.717) is 21.3 Å². The Morgan fingerprint density at radius 2 is 1.47 bits per heavy atom. The van der Waals surface area contributed by atoms with Crippen LogP contribution >= 0.6 is 23.2 Å². The molecule has 0 aliphatic heterocycles. The molecule has 100 valence electrons. The van der Waals surface area contributed by atoms with Crippen molar-refractivity contribution in [1.29, 1.82) is 0 Å². The maximum Gasteiger partial charge on any atom is 0.237 e. The van der Waals surface area contributed by atoms with Crippen molar-refractivity contribution < 1.29 is 8.42 Å². The summed E-state index contributed by atoms with van der Waals surface area (Å²) in [6, 6.07) is 13.5. The van der Waals surface area contributed by atoms with E-state index in [9.17, 15) is 8.42 Å². The number of nitrogens with one attached hydrogen (secondary N) is 1. The maximum absolute atomic E-state index is 12.0. The zero-order valence-corrected chi connectivity index (χ0v) is 12.1. The standard InChI is InChI=1S/C13H11Cl2NO2S/c14-12-7-4-8-13(15)11(12)9-19(17,18)16-10-5-2-1-3-6-10/h1-8,16H,9H2. The van der Waals surface area contributed by atoms with Gasteiger partial charge in [0, 0.05) is 21.3 Å². The molecule has 2 rings (SSSR count). The zero-order chi connectivity index (χ0) is 13.9. The fraction of sp³-hybridized carbons (Fsp3) is 0.0769. The van der Waals surface area contributed by atoms with E-state index in [1.165, 1.54) is 0 Å². The Hall–Kier alpha value is -1.23. The molecule has 19 heavy (non-hydrogen) atoms. The molecular formula is C13H11Cl2NO2S. The second-order valence-corrected chi connectivity index (χ2v) is 6.46. The van der Waals surface area contributed by atoms with E-state index in [2.05, 4.69) is 4.72 Å². The smallest absolute Gasteiger partial charge is 0.237 e. The molecule has 0 radical (unpaired) electrons. The van der Waals surface area contributed by atoms with Gasteiger partial charge in [-0.1, -0.05) is 47.5 Å². The second kappa shape index (κ2) is 5.82. The van der Waals surface area contributed by atoms with Crippen LogP contribution in [0.1, 0.15) is 5.56 Å². The Morgan fingerprint density at radius 1 is 0.895 bits per heavy atom. The molecule has 2 aromatic rings. The Balaban J connectivity index is 2.23. The molecule has 2 aromatic carbocycles. The van der Waals surface area contributed by atoms with E-state index in [4.69, 9.17) is 23.2 Å². The summed E-state index contributed by atoms with van der Waals surface area (Å²) < 4.78 is 26.6. The van der Waals surface area contributed by atoms with Crippen LogP contribution in [0.5, 0.6) is 0 Å². The number of sulfonamides is 1. The molecule has 0 saturated carbocycles. The van der Waals surface area contributed by atoms with Crippen molar-refractivity contribution in [2.75, 3.05) is 4.72 Å². The molecule has 0 bridgehead atoms. The van der Waals surface area contributed by atoms with Crippen molar-refractivity contribution in [1.82, 2.24) is 0 Å². The zero-order valence-electron chi connectivity index (χ0n) is 9.81. The van der Waals surface area contributed by atoms with Gasteiger partial charge in [-0.2, -0.15) is 0 Å². The lowest BCUT2D eigenvalue weighted by Crippen LogP contribution is -2.15. The lowest BCUT2D eigenvalue weighted by atomic mass is 10.2. The number of para-hydroxylation sites is 1. The molecule has 3 nitrogen and oxygen atoms in total. The summed E-state index contributed by atoms with van der Waals surface area (Å²) in [4.78, 5) is 0. The number of rotatable bonds is 4. The van der Waals surface area contributed by atoms with Crippen molar-refractivity contribution >= 4 is 38.9 Å². The normalized spacial score (nSPS) is 11.3. The summed E-state index contributed by atoms with van der Waals surface area (Å²) in [5.74, 6) is -0.263. The maximum atomic E-state index is 12.0. The van der Waals surface area contributed by atoms with Gasteiger partial charge in [0.1, 0.15) is 0 Å². The first-order valence-corrected chi connectivity index (χ1v) is 7.87. The Labute approximate surface area is 122 Å². The van der Waals surface area contributed by atoms with Gasteiger partial charge in [0.15, 0.2) is 0 Å². The minimum atomic E-state index is -3.55. The van der Waals surface area contributed by atoms with Crippen molar-refractivity contribution in [3.63, 3.8) is 0 Å². The average molecular weight is 316 g/mol. The summed E-state index contributed by atoms with van der Waals surface area (Å²) in [6.07, 6.45) is 0. The van der Waals surface area contributed by atoms with Crippen molar-refractivity contribution in [3.8, 4) is 0 Å². The fourth-order valence-corrected chi connectivity index (χ4v) is 3.53. The van der Waals surface area contributed by atoms with Gasteiger partial charge in [-0.05, 0) is 24.3 Å². The highest BCUT2D eigenvalue weighted by molar-refractivity contribution is 7.91. The highest BCUT2D eigenvalue weighted by Crippen LogP contribution is 2.26. The third kappa shape index (κ3) is 3.86. The fourth-order valence-electron chi connectivity index (χ4n) is 1.58. The molecule has 0 atom stereocenters. The number of hydrogen-bond acceptors (Lipinski definition) is 2. The summed E-state index contributed by atoms with van der Waals surface area (Å²) >= 11 is 11.9. The van der Waals surface area contributed by atoms with Gasteiger partial charge < -0.3 is 0 Å². The Kier molecular flexibility index (Phi) is 4.34. The molecule has 0 aromatic heterocycles. The van der Waals surface area contributed by atoms with Crippen molar-refractivity contribution in [2.24, 2.45) is 0 Å². The number of anilines is 1. The van der Waals surface area contributed by atoms with E-state index in [1.54, 1.807) is 42.5 Å². The molecule has 0 aliphatic carbocycles. The molecule has 0 amide bonds. The van der Waals surface area contributed by atoms with Crippen LogP contribution in [0, 0.1) is 0 Å². The number of benzene rings is 2. The molecule has 0 fully saturated rings. The van der Waals surface area contributed by atoms with Gasteiger partial charge in [0.05, 0.1) is 5.75 Å². The first-order valence-electron chi connectivity index (χ1n) is 5.46. The van der Waals surface area contributed by atoms with E-state index in [0.717, 1.165) is 0 Å². The topological polar surface area (TPSA) is 46.2 Å². The first-order chi connectivity index (χ1) is 8.98. The summed E-state index contributed by atoms with van der Waals surface area (Å²) in [6.45, 7) is 0. The minimum absolute atomic E-state index is 0.263. The first kappa shape index (κ1) is 14.2. The van der Waals surface area contributed by atoms with Crippen LogP contribution in [-0.4, -0.2) is 8.42 Å². The molecule has 0 spiro atoms. The molecule has 0 heterocycles. The van der Waals surface area contributed by atoms with Gasteiger partial charge in [0.2, 0.25) is 10.0 Å². The van der Waals surface area contributed by atoms with E-state index in [-0.39, 0.29) is 5.75 Å². The van der Waals surface area contributed by atoms with Crippen molar-refractivity contribution in [3.05, 3.63) is 64.1 Å². The van der Waals surface area contributed by atoms with E-state index in [1.807, 2.05) is 6.07 Å². The van der Waals surface area contributed by atoms with Gasteiger partial charge in [-0.15, -0.1) is 0 Å². The van der Waals surface area contributed by atoms with E-state index >= 15 is 0 Å². The van der Waals surface area contributed by atoms with Crippen molar-refractivity contribution in [2.45, 2.75) is 5.75 Å². The van der Waals surface area contributed by atoms with Crippen LogP contribution < -0.4 is 4.72 Å². The third-order valence-electron chi connectivity index (χ3n) is 2.44. The van der Waals surface area contributed by atoms with Gasteiger partial charge >= 0.3 is 0 Å². The van der Waals surface area contributed by atoms with Crippen LogP contribution in [0.25, 0.3) is 0 Å². The molecule has 0 saturated heterocycles. The number of halogens is 2. The lowest BCUT2D eigenvalue weighted by molar-refractivity contribution is 0.600. The molecule has 0 aliphatic rings. The molecular weight excluding hydrogens is 305 g/mol. The summed E-state index contributed by atoms with van der Waals surface area (Å²) in [5.41, 5.74) is 0.903. The lowest BCUT2D eigenvalue weighted by Gasteiger charge is -2.10. The van der Waals surface area contributed by atoms with Gasteiger partial charge in [-0.25, -0.2) is 8.42 Å². The van der Waals surface area contributed by atoms with Crippen LogP contribution in [-0.2, 0) is 15.8 Å². The Morgan fingerprint density at radius 3 is 2.05 bits per heavy atom. The largest absolute Gasteiger partial charge is 0.283 e.